The Balaban J connectivity index is 4.30. The van der Waals surface area contributed by atoms with Crippen molar-refractivity contribution in [1.82, 2.24) is 0 Å². The monoisotopic (exact) mass is 945 g/mol. The number of carbonyl (C=O) groups is 3. The van der Waals surface area contributed by atoms with Gasteiger partial charge in [-0.2, -0.15) is 0 Å². The molecule has 1 unspecified atom stereocenters. The second-order valence-electron chi connectivity index (χ2n) is 20.6. The molecule has 0 saturated carbocycles. The van der Waals surface area contributed by atoms with Gasteiger partial charge in [-0.1, -0.05) is 290 Å². The van der Waals surface area contributed by atoms with Crippen molar-refractivity contribution in [3.8, 4) is 0 Å². The van der Waals surface area contributed by atoms with Crippen LogP contribution >= 0.6 is 0 Å². The van der Waals surface area contributed by atoms with Gasteiger partial charge in [0, 0.05) is 19.3 Å². The fourth-order valence-electron chi connectivity index (χ4n) is 9.21. The standard InChI is InChI=1S/C61H116O6/c1-4-7-10-13-16-19-22-25-28-30-32-33-36-39-42-45-48-51-54-60(63)66-57-58(56-65-59(62)53-50-47-44-41-38-35-27-24-21-18-15-12-9-6-3)67-61(64)55-52-49-46-43-40-37-34-31-29-26-23-20-17-14-11-8-5-2/h26,29,58H,4-25,27-28,30-57H2,1-3H3/b29-26-. The fraction of sp³-hybridized carbons (Fsp3) is 0.918. The van der Waals surface area contributed by atoms with Gasteiger partial charge < -0.3 is 14.2 Å². The molecule has 0 N–H and O–H groups in total. The molecule has 0 saturated heterocycles. The summed E-state index contributed by atoms with van der Waals surface area (Å²) in [4.78, 5) is 38.2. The van der Waals surface area contributed by atoms with Crippen LogP contribution in [0.3, 0.4) is 0 Å². The Labute approximate surface area is 418 Å². The molecule has 0 aromatic heterocycles. The number of esters is 3. The van der Waals surface area contributed by atoms with Crippen molar-refractivity contribution in [2.75, 3.05) is 13.2 Å². The van der Waals surface area contributed by atoms with Crippen molar-refractivity contribution in [3.05, 3.63) is 12.2 Å². The molecule has 0 radical (unpaired) electrons. The van der Waals surface area contributed by atoms with Gasteiger partial charge in [-0.3, -0.25) is 14.4 Å². The van der Waals surface area contributed by atoms with Crippen LogP contribution in [0.1, 0.15) is 342 Å². The molecule has 0 aromatic rings. The minimum Gasteiger partial charge on any atom is -0.462 e. The van der Waals surface area contributed by atoms with E-state index in [4.69, 9.17) is 14.2 Å². The van der Waals surface area contributed by atoms with Crippen LogP contribution in [-0.2, 0) is 28.6 Å². The van der Waals surface area contributed by atoms with E-state index in [1.807, 2.05) is 0 Å². The SMILES string of the molecule is CCCCCCCC/C=C\CCCCCCCCCC(=O)OC(COC(=O)CCCCCCCCCCCCCCCC)COC(=O)CCCCCCCCCCCCCCCCCCCC. The number of unbranched alkanes of at least 4 members (excludes halogenated alkanes) is 43. The van der Waals surface area contributed by atoms with Gasteiger partial charge in [0.15, 0.2) is 6.10 Å². The molecular weight excluding hydrogens is 829 g/mol. The van der Waals surface area contributed by atoms with E-state index in [1.165, 1.54) is 244 Å². The zero-order valence-electron chi connectivity index (χ0n) is 45.5. The molecule has 67 heavy (non-hydrogen) atoms. The lowest BCUT2D eigenvalue weighted by atomic mass is 10.0. The number of carbonyl (C=O) groups excluding carboxylic acids is 3. The Morgan fingerprint density at radius 3 is 0.746 bits per heavy atom. The predicted octanol–water partition coefficient (Wildman–Crippen LogP) is 20.1. The van der Waals surface area contributed by atoms with Crippen LogP contribution in [0.5, 0.6) is 0 Å². The molecule has 0 aliphatic rings. The van der Waals surface area contributed by atoms with E-state index in [-0.39, 0.29) is 31.1 Å². The molecule has 0 bridgehead atoms. The molecule has 0 aliphatic carbocycles. The summed E-state index contributed by atoms with van der Waals surface area (Å²) in [6, 6.07) is 0. The first-order valence-electron chi connectivity index (χ1n) is 30.2. The summed E-state index contributed by atoms with van der Waals surface area (Å²) in [5.74, 6) is -0.843. The van der Waals surface area contributed by atoms with E-state index in [2.05, 4.69) is 32.9 Å². The first-order chi connectivity index (χ1) is 33.0. The molecule has 6 nitrogen and oxygen atoms in total. The van der Waals surface area contributed by atoms with Crippen LogP contribution in [-0.4, -0.2) is 37.2 Å². The van der Waals surface area contributed by atoms with Gasteiger partial charge in [-0.25, -0.2) is 0 Å². The van der Waals surface area contributed by atoms with Crippen molar-refractivity contribution in [2.24, 2.45) is 0 Å². The molecule has 0 amide bonds. The van der Waals surface area contributed by atoms with Crippen molar-refractivity contribution in [2.45, 2.75) is 348 Å². The maximum absolute atomic E-state index is 12.9. The first kappa shape index (κ1) is 65.1. The number of hydrogen-bond acceptors (Lipinski definition) is 6. The molecule has 396 valence electrons. The highest BCUT2D eigenvalue weighted by molar-refractivity contribution is 5.71. The van der Waals surface area contributed by atoms with E-state index in [9.17, 15) is 14.4 Å². The molecule has 0 fully saturated rings. The summed E-state index contributed by atoms with van der Waals surface area (Å²) in [7, 11) is 0. The predicted molar refractivity (Wildman–Crippen MR) is 289 cm³/mol. The Morgan fingerprint density at radius 1 is 0.284 bits per heavy atom. The van der Waals surface area contributed by atoms with E-state index >= 15 is 0 Å². The molecule has 0 aliphatic heterocycles. The largest absolute Gasteiger partial charge is 0.462 e. The Hall–Kier alpha value is -1.85. The Kier molecular flexibility index (Phi) is 55.2. The lowest BCUT2D eigenvalue weighted by Crippen LogP contribution is -2.30. The molecule has 0 aromatic carbocycles. The molecule has 6 heteroatoms. The van der Waals surface area contributed by atoms with Crippen LogP contribution in [0.15, 0.2) is 12.2 Å². The van der Waals surface area contributed by atoms with Crippen molar-refractivity contribution >= 4 is 17.9 Å². The molecule has 0 heterocycles. The highest BCUT2D eigenvalue weighted by Crippen LogP contribution is 2.17. The summed E-state index contributed by atoms with van der Waals surface area (Å²) in [5, 5.41) is 0. The minimum absolute atomic E-state index is 0.0655. The van der Waals surface area contributed by atoms with Crippen LogP contribution in [0, 0.1) is 0 Å². The van der Waals surface area contributed by atoms with Gasteiger partial charge >= 0.3 is 17.9 Å². The number of hydrogen-bond donors (Lipinski definition) is 0. The summed E-state index contributed by atoms with van der Waals surface area (Å²) in [5.41, 5.74) is 0. The summed E-state index contributed by atoms with van der Waals surface area (Å²) in [6.45, 7) is 6.70. The lowest BCUT2D eigenvalue weighted by Gasteiger charge is -2.18. The van der Waals surface area contributed by atoms with Crippen LogP contribution in [0.25, 0.3) is 0 Å². The zero-order valence-corrected chi connectivity index (χ0v) is 45.5. The number of ether oxygens (including phenoxy) is 3. The Morgan fingerprint density at radius 2 is 0.493 bits per heavy atom. The Bertz CT molecular complexity index is 1040. The molecular formula is C61H116O6. The zero-order chi connectivity index (χ0) is 48.6. The van der Waals surface area contributed by atoms with Gasteiger partial charge in [0.25, 0.3) is 0 Å². The average molecular weight is 946 g/mol. The summed E-state index contributed by atoms with van der Waals surface area (Å²) < 4.78 is 16.9. The van der Waals surface area contributed by atoms with Gasteiger partial charge in [-0.15, -0.1) is 0 Å². The molecule has 0 rings (SSSR count). The third-order valence-corrected chi connectivity index (χ3v) is 13.8. The van der Waals surface area contributed by atoms with Gasteiger partial charge in [0.1, 0.15) is 13.2 Å². The number of allylic oxidation sites excluding steroid dienone is 2. The molecule has 1 atom stereocenters. The number of rotatable bonds is 56. The highest BCUT2D eigenvalue weighted by Gasteiger charge is 2.19. The van der Waals surface area contributed by atoms with E-state index in [1.54, 1.807) is 0 Å². The van der Waals surface area contributed by atoms with Gasteiger partial charge in [0.05, 0.1) is 0 Å². The summed E-state index contributed by atoms with van der Waals surface area (Å²) in [6.07, 6.45) is 64.9. The third-order valence-electron chi connectivity index (χ3n) is 13.8. The summed E-state index contributed by atoms with van der Waals surface area (Å²) >= 11 is 0. The van der Waals surface area contributed by atoms with E-state index < -0.39 is 6.10 Å². The first-order valence-corrected chi connectivity index (χ1v) is 30.2. The fourth-order valence-corrected chi connectivity index (χ4v) is 9.21. The average Bonchev–Trinajstić information content (AvgIpc) is 3.33. The second-order valence-corrected chi connectivity index (χ2v) is 20.6. The second kappa shape index (κ2) is 56.7. The minimum atomic E-state index is -0.767. The normalized spacial score (nSPS) is 12.0. The van der Waals surface area contributed by atoms with Gasteiger partial charge in [-0.05, 0) is 44.9 Å². The van der Waals surface area contributed by atoms with Crippen LogP contribution in [0.2, 0.25) is 0 Å². The van der Waals surface area contributed by atoms with Gasteiger partial charge in [0.2, 0.25) is 0 Å². The topological polar surface area (TPSA) is 78.9 Å². The van der Waals surface area contributed by atoms with E-state index in [0.29, 0.717) is 19.3 Å². The third kappa shape index (κ3) is 55.0. The maximum Gasteiger partial charge on any atom is 0.306 e. The van der Waals surface area contributed by atoms with Crippen molar-refractivity contribution in [1.29, 1.82) is 0 Å². The van der Waals surface area contributed by atoms with Crippen molar-refractivity contribution in [3.63, 3.8) is 0 Å². The van der Waals surface area contributed by atoms with Crippen LogP contribution < -0.4 is 0 Å². The smallest absolute Gasteiger partial charge is 0.306 e. The van der Waals surface area contributed by atoms with Crippen molar-refractivity contribution < 1.29 is 28.6 Å². The maximum atomic E-state index is 12.9. The quantitative estimate of drug-likeness (QED) is 0.0262. The highest BCUT2D eigenvalue weighted by atomic mass is 16.6. The van der Waals surface area contributed by atoms with Crippen LogP contribution in [0.4, 0.5) is 0 Å². The lowest BCUT2D eigenvalue weighted by molar-refractivity contribution is -0.167. The molecule has 0 spiro atoms. The van der Waals surface area contributed by atoms with E-state index in [0.717, 1.165) is 57.8 Å².